The van der Waals surface area contributed by atoms with Crippen LogP contribution in [0.25, 0.3) is 27.9 Å². The Bertz CT molecular complexity index is 4380. The second-order valence-electron chi connectivity index (χ2n) is 34.7. The predicted molar refractivity (Wildman–Crippen MR) is 462 cm³/mol. The topological polar surface area (TPSA) is 179 Å². The monoisotopic (exact) mass is 1530 g/mol. The third kappa shape index (κ3) is 29.8. The number of carbonyl (C=O) groups is 4. The number of carbonyl (C=O) groups excluding carboxylic acids is 4. The maximum Gasteiger partial charge on any atom is 0.411 e. The number of nitrogens with zero attached hydrogens (tertiary/aromatic N) is 1. The van der Waals surface area contributed by atoms with Crippen LogP contribution in [0, 0.1) is 27.1 Å². The van der Waals surface area contributed by atoms with E-state index in [-0.39, 0.29) is 16.6 Å². The Morgan fingerprint density at radius 3 is 0.955 bits per heavy atom. The van der Waals surface area contributed by atoms with Crippen LogP contribution in [0.1, 0.15) is 235 Å². The van der Waals surface area contributed by atoms with Gasteiger partial charge in [0, 0.05) is 113 Å². The predicted octanol–water partition coefficient (Wildman–Crippen LogP) is 25.9. The van der Waals surface area contributed by atoms with Gasteiger partial charge in [0.1, 0.15) is 80.6 Å². The molecule has 5 heterocycles. The van der Waals surface area contributed by atoms with E-state index in [0.717, 1.165) is 137 Å². The molecule has 5 aliphatic heterocycles. The van der Waals surface area contributed by atoms with E-state index in [1.807, 2.05) is 122 Å². The molecule has 5 aliphatic rings. The Morgan fingerprint density at radius 2 is 0.670 bits per heavy atom. The number of ketones is 2. The molecule has 0 spiro atoms. The first-order valence-electron chi connectivity index (χ1n) is 39.1. The number of benzene rings is 5. The van der Waals surface area contributed by atoms with Crippen LogP contribution in [-0.4, -0.2) is 65.8 Å². The maximum absolute atomic E-state index is 12.1. The van der Waals surface area contributed by atoms with E-state index >= 15 is 0 Å². The van der Waals surface area contributed by atoms with E-state index in [1.165, 1.54) is 55.1 Å². The number of Topliss-reactive ketones (excluding diaryl/α,β-unsaturated/α-hetero) is 2. The molecule has 604 valence electrons. The van der Waals surface area contributed by atoms with E-state index in [9.17, 15) is 19.2 Å². The van der Waals surface area contributed by atoms with Crippen molar-refractivity contribution < 1.29 is 61.8 Å². The zero-order valence-electron chi connectivity index (χ0n) is 71.2. The Morgan fingerprint density at radius 1 is 0.384 bits per heavy atom. The Labute approximate surface area is 669 Å². The van der Waals surface area contributed by atoms with Gasteiger partial charge in [-0.05, 0) is 226 Å². The Hall–Kier alpha value is -10.2. The molecule has 5 aromatic carbocycles. The van der Waals surface area contributed by atoms with Crippen molar-refractivity contribution in [3.05, 3.63) is 211 Å². The minimum Gasteiger partial charge on any atom is -0.497 e. The fraction of sp³-hybridized carbons (Fsp3) is 0.438. The van der Waals surface area contributed by atoms with Gasteiger partial charge in [0.05, 0.1) is 27.9 Å². The van der Waals surface area contributed by atoms with Crippen LogP contribution in [0.4, 0.5) is 26.7 Å². The van der Waals surface area contributed by atoms with Gasteiger partial charge in [0.25, 0.3) is 0 Å². The summed E-state index contributed by atoms with van der Waals surface area (Å²) in [6.07, 6.45) is 23.5. The molecule has 0 saturated carbocycles. The molecule has 112 heavy (non-hydrogen) atoms. The van der Waals surface area contributed by atoms with Crippen LogP contribution in [-0.2, 0) is 19.1 Å². The number of fused-ring (bicyclic) bond motifs is 5. The second kappa shape index (κ2) is 40.8. The molecule has 0 radical (unpaired) electrons. The lowest BCUT2D eigenvalue weighted by Crippen LogP contribution is -2.19. The summed E-state index contributed by atoms with van der Waals surface area (Å²) >= 11 is 0. The van der Waals surface area contributed by atoms with E-state index in [2.05, 4.69) is 152 Å². The average Bonchev–Trinajstić information content (AvgIpc) is 0.831. The largest absolute Gasteiger partial charge is 0.497 e. The van der Waals surface area contributed by atoms with Gasteiger partial charge in [-0.1, -0.05) is 137 Å². The van der Waals surface area contributed by atoms with E-state index in [0.29, 0.717) is 81.6 Å². The summed E-state index contributed by atoms with van der Waals surface area (Å²) in [7, 11) is 8.72. The van der Waals surface area contributed by atoms with Crippen LogP contribution in [0.5, 0.6) is 40.2 Å². The summed E-state index contributed by atoms with van der Waals surface area (Å²) in [5.74, 6) is 9.28. The number of hydrogen-bond acceptors (Lipinski definition) is 14. The van der Waals surface area contributed by atoms with Crippen molar-refractivity contribution in [2.24, 2.45) is 27.1 Å². The first-order valence-corrected chi connectivity index (χ1v) is 39.1. The number of allylic oxidation sites excluding steroid dienone is 10. The maximum atomic E-state index is 12.1. The zero-order chi connectivity index (χ0) is 83.1. The van der Waals surface area contributed by atoms with E-state index in [4.69, 9.17) is 37.9 Å². The van der Waals surface area contributed by atoms with Gasteiger partial charge in [0.15, 0.2) is 0 Å². The number of methoxy groups -OCH3 is 3. The molecule has 0 fully saturated rings. The van der Waals surface area contributed by atoms with Crippen LogP contribution in [0.2, 0.25) is 0 Å². The summed E-state index contributed by atoms with van der Waals surface area (Å²) < 4.78 is 48.5. The molecule has 0 aliphatic carbocycles. The highest BCUT2D eigenvalue weighted by atomic mass is 16.6. The highest BCUT2D eigenvalue weighted by Crippen LogP contribution is 2.44. The molecule has 0 unspecified atom stereocenters. The van der Waals surface area contributed by atoms with Gasteiger partial charge < -0.3 is 47.5 Å². The minimum atomic E-state index is -0.501. The summed E-state index contributed by atoms with van der Waals surface area (Å²) in [4.78, 5) is 49.1. The first-order chi connectivity index (χ1) is 52.4. The Balaban J connectivity index is 0.000000219. The summed E-state index contributed by atoms with van der Waals surface area (Å²) in [6, 6.07) is 29.3. The van der Waals surface area contributed by atoms with Crippen LogP contribution < -0.4 is 48.7 Å². The normalized spacial score (nSPS) is 13.9. The summed E-state index contributed by atoms with van der Waals surface area (Å²) in [5.41, 5.74) is 14.5. The molecule has 0 aromatic heterocycles. The van der Waals surface area contributed by atoms with Crippen molar-refractivity contribution >= 4 is 68.7 Å². The molecular formula is C96H127N3O13. The second-order valence-corrected chi connectivity index (χ2v) is 34.7. The van der Waals surface area contributed by atoms with Crippen LogP contribution >= 0.6 is 0 Å². The van der Waals surface area contributed by atoms with Crippen molar-refractivity contribution in [3.63, 3.8) is 0 Å². The molecule has 2 amide bonds. The third-order valence-electron chi connectivity index (χ3n) is 18.9. The molecule has 0 atom stereocenters. The lowest BCUT2D eigenvalue weighted by molar-refractivity contribution is -0.127. The number of amides is 2. The van der Waals surface area contributed by atoms with Crippen molar-refractivity contribution in [1.82, 2.24) is 0 Å². The molecule has 2 N–H and O–H groups in total. The summed E-state index contributed by atoms with van der Waals surface area (Å²) in [6.45, 7) is 53.9. The fourth-order valence-corrected chi connectivity index (χ4v) is 12.8. The molecule has 5 aromatic rings. The molecule has 0 saturated heterocycles. The first kappa shape index (κ1) is 90.7. The van der Waals surface area contributed by atoms with Gasteiger partial charge >= 0.3 is 12.2 Å². The highest BCUT2D eigenvalue weighted by molar-refractivity contribution is 5.89. The number of rotatable bonds is 23. The number of ether oxygens (including phenoxy) is 9. The molecular weight excluding hydrogens is 1400 g/mol. The number of hydrogen-bond donors (Lipinski definition) is 2. The van der Waals surface area contributed by atoms with Gasteiger partial charge in [0.2, 0.25) is 0 Å². The van der Waals surface area contributed by atoms with E-state index < -0.39 is 12.2 Å². The van der Waals surface area contributed by atoms with Crippen LogP contribution in [0.3, 0.4) is 0 Å². The SMILES string of the molecule is C=C1C=C(CCCC(=O)C(C)(C)C)c2ccc(NC(=O)OCC)cc2O1.C=C1C=C(CCCC(=O)C(C)(C)C)c2ccc(OC)cc2O1.C=C1C=C(CCCC(C)(C)C)c2ccc(N(C)C)cc2O1.C=C1C=C(CCCC(C)(C)C)c2ccc(NC(=O)OC)cc2O1.C=C1C=C(CCCC(C)(C)C)c2ccc(OC)cc2O1. The van der Waals surface area contributed by atoms with E-state index in [1.54, 1.807) is 39.3 Å². The average molecular weight is 1530 g/mol. The molecule has 16 nitrogen and oxygen atoms in total. The van der Waals surface area contributed by atoms with Crippen molar-refractivity contribution in [2.45, 2.75) is 207 Å². The summed E-state index contributed by atoms with van der Waals surface area (Å²) in [5, 5.41) is 5.31. The van der Waals surface area contributed by atoms with Crippen molar-refractivity contribution in [2.75, 3.05) is 57.6 Å². The third-order valence-corrected chi connectivity index (χ3v) is 18.9. The fourth-order valence-electron chi connectivity index (χ4n) is 12.8. The van der Waals surface area contributed by atoms with Gasteiger partial charge in [-0.2, -0.15) is 0 Å². The lowest BCUT2D eigenvalue weighted by Gasteiger charge is -2.23. The molecule has 0 bridgehead atoms. The van der Waals surface area contributed by atoms with Crippen molar-refractivity contribution in [1.29, 1.82) is 0 Å². The van der Waals surface area contributed by atoms with Gasteiger partial charge in [-0.3, -0.25) is 20.2 Å². The van der Waals surface area contributed by atoms with Crippen LogP contribution in [0.15, 0.2) is 183 Å². The van der Waals surface area contributed by atoms with Crippen molar-refractivity contribution in [3.8, 4) is 40.2 Å². The minimum absolute atomic E-state index is 0.262. The smallest absolute Gasteiger partial charge is 0.411 e. The van der Waals surface area contributed by atoms with Gasteiger partial charge in [-0.25, -0.2) is 9.59 Å². The zero-order valence-corrected chi connectivity index (χ0v) is 71.2. The molecule has 16 heteroatoms. The highest BCUT2D eigenvalue weighted by Gasteiger charge is 2.27. The quantitative estimate of drug-likeness (QED) is 0.0631. The lowest BCUT2D eigenvalue weighted by atomic mass is 9.87. The Kier molecular flexibility index (Phi) is 33.0. The van der Waals surface area contributed by atoms with Gasteiger partial charge in [-0.15, -0.1) is 0 Å². The molecule has 10 rings (SSSR count). The number of anilines is 3. The standard InChI is InChI=1S/C21H27NO4.C19H25NO3.C19H27NO.C19H24O3.C18H24O2/c1-6-25-20(24)22-16-10-11-17-15(12-14(2)26-18(17)13-16)8-7-9-19(23)21(3,4)5;1-13-11-14(7-6-10-19(2,3)4)16-9-8-15(12-17(16)23-13)20-18(21)22-5;1-14-12-15(8-7-11-19(2,3)4)17-10-9-16(20(5)6)13-18(17)21-14;1-13-11-14(7-6-8-18(20)19(2,3)4)16-10-9-15(21-5)12-17(16)22-13;1-13-11-14(7-6-10-18(2,3)4)16-9-8-15(19-5)12-17(16)20-13/h10-13H,2,6-9H2,1,3-5H3,(H,22,24);8-9,11-12H,1,6-7,10H2,2-5H3,(H,20,21);9-10,12-13H,1,7-8,11H2,2-6H3;9-12H,1,6-8H2,2-5H3;8-9,11-12H,1,6-7,10H2,2-5H3. The number of nitrogens with one attached hydrogen (secondary N) is 2.